The van der Waals surface area contributed by atoms with Gasteiger partial charge >= 0.3 is 0 Å². The van der Waals surface area contributed by atoms with Crippen LogP contribution < -0.4 is 5.32 Å². The van der Waals surface area contributed by atoms with E-state index in [2.05, 4.69) is 25.5 Å². The van der Waals surface area contributed by atoms with Crippen LogP contribution in [0.1, 0.15) is 12.0 Å². The van der Waals surface area contributed by atoms with Crippen LogP contribution in [0.5, 0.6) is 0 Å². The number of fused-ring (bicyclic) bond motifs is 2. The molecule has 0 bridgehead atoms. The van der Waals surface area contributed by atoms with E-state index in [-0.39, 0.29) is 12.0 Å². The fraction of sp³-hybridized carbons (Fsp3) is 0.167. The van der Waals surface area contributed by atoms with E-state index in [1.165, 1.54) is 12.3 Å². The smallest absolute Gasteiger partial charge is 0.232 e. The number of alkyl halides is 1. The number of halogens is 2. The van der Waals surface area contributed by atoms with Gasteiger partial charge in [-0.1, -0.05) is 11.3 Å². The Labute approximate surface area is 160 Å². The minimum atomic E-state index is -1.09. The summed E-state index contributed by atoms with van der Waals surface area (Å²) in [5, 5.41) is 19.5. The fourth-order valence-electron chi connectivity index (χ4n) is 3.08. The monoisotopic (exact) mass is 396 g/mol. The number of hydrogen-bond acceptors (Lipinski definition) is 6. The predicted octanol–water partition coefficient (Wildman–Crippen LogP) is 3.54. The maximum atomic E-state index is 14.3. The number of nitrogens with one attached hydrogen (secondary N) is 2. The Morgan fingerprint density at radius 2 is 2.21 bits per heavy atom. The van der Waals surface area contributed by atoms with Crippen LogP contribution in [-0.2, 0) is 4.79 Å². The van der Waals surface area contributed by atoms with Gasteiger partial charge in [-0.3, -0.25) is 9.89 Å². The number of rotatable bonds is 3. The lowest BCUT2D eigenvalue weighted by atomic mass is 10.00. The summed E-state index contributed by atoms with van der Waals surface area (Å²) >= 11 is 1.13. The van der Waals surface area contributed by atoms with E-state index in [0.29, 0.717) is 37.6 Å². The number of H-pyrrole nitrogens is 1. The van der Waals surface area contributed by atoms with Crippen LogP contribution in [-0.4, -0.2) is 32.2 Å². The van der Waals surface area contributed by atoms with Crippen LogP contribution in [0.3, 0.4) is 0 Å². The molecule has 1 amide bonds. The second-order valence-electron chi connectivity index (χ2n) is 6.44. The van der Waals surface area contributed by atoms with Gasteiger partial charge < -0.3 is 5.32 Å². The Bertz CT molecular complexity index is 1310. The minimum Gasteiger partial charge on any atom is -0.302 e. The number of nitrogens with zero attached hydrogens (tertiary/aromatic N) is 4. The normalized spacial score (nSPS) is 18.3. The molecule has 1 aliphatic rings. The first-order chi connectivity index (χ1) is 13.5. The van der Waals surface area contributed by atoms with Gasteiger partial charge in [-0.15, -0.1) is 0 Å². The van der Waals surface area contributed by atoms with Crippen LogP contribution in [0.2, 0.25) is 0 Å². The summed E-state index contributed by atoms with van der Waals surface area (Å²) in [6.45, 7) is 0. The minimum absolute atomic E-state index is 0.124. The summed E-state index contributed by atoms with van der Waals surface area (Å²) in [7, 11) is 0. The van der Waals surface area contributed by atoms with Crippen molar-refractivity contribution in [3.63, 3.8) is 0 Å². The molecule has 2 atom stereocenters. The molecule has 3 heterocycles. The molecule has 0 saturated heterocycles. The molecule has 1 aliphatic carbocycles. The maximum Gasteiger partial charge on any atom is 0.232 e. The van der Waals surface area contributed by atoms with Gasteiger partial charge in [0.15, 0.2) is 5.13 Å². The van der Waals surface area contributed by atoms with E-state index >= 15 is 0 Å². The molecule has 0 spiro atoms. The van der Waals surface area contributed by atoms with Crippen molar-refractivity contribution in [2.45, 2.75) is 12.6 Å². The number of benzene rings is 1. The number of amides is 1. The number of nitriles is 1. The van der Waals surface area contributed by atoms with Gasteiger partial charge in [0.1, 0.15) is 28.4 Å². The molecule has 10 heteroatoms. The highest BCUT2D eigenvalue weighted by atomic mass is 32.1. The Morgan fingerprint density at radius 1 is 1.39 bits per heavy atom. The molecule has 3 aromatic heterocycles. The summed E-state index contributed by atoms with van der Waals surface area (Å²) in [6, 6.07) is 6.42. The number of carbonyl (C=O) groups is 1. The number of aromatic amines is 1. The molecule has 2 N–H and O–H groups in total. The highest BCUT2D eigenvalue weighted by Gasteiger charge is 2.43. The third-order valence-electron chi connectivity index (χ3n) is 4.60. The van der Waals surface area contributed by atoms with Gasteiger partial charge in [-0.05, 0) is 18.6 Å². The molecular weight excluding hydrogens is 386 g/mol. The molecule has 1 fully saturated rings. The molecule has 1 aromatic carbocycles. The molecule has 138 valence electrons. The zero-order valence-corrected chi connectivity index (χ0v) is 14.8. The molecule has 7 nitrogen and oxygen atoms in total. The molecule has 5 rings (SSSR count). The van der Waals surface area contributed by atoms with Crippen molar-refractivity contribution < 1.29 is 13.6 Å². The molecule has 0 aliphatic heterocycles. The van der Waals surface area contributed by atoms with Gasteiger partial charge in [-0.2, -0.15) is 10.4 Å². The maximum absolute atomic E-state index is 14.3. The largest absolute Gasteiger partial charge is 0.302 e. The number of anilines is 1. The standard InChI is InChI=1S/C18H10F2N6OS/c19-10-3-7(10)16(27)25-18-24-13-2-1-12(23-17(13)28-18)15-8(5-21)11(20)4-14-9(15)6-22-26-14/h1-2,4,6-7,10H,3H2,(H,22,26)(H,24,25,27)/t7-,10+/m1/s1. The Kier molecular flexibility index (Phi) is 3.60. The van der Waals surface area contributed by atoms with Crippen molar-refractivity contribution >= 4 is 43.6 Å². The average Bonchev–Trinajstić information content (AvgIpc) is 3.05. The van der Waals surface area contributed by atoms with E-state index in [9.17, 15) is 18.8 Å². The average molecular weight is 396 g/mol. The number of pyridine rings is 1. The third-order valence-corrected chi connectivity index (χ3v) is 5.48. The van der Waals surface area contributed by atoms with E-state index in [1.807, 2.05) is 6.07 Å². The molecule has 1 saturated carbocycles. The van der Waals surface area contributed by atoms with Gasteiger partial charge in [0, 0.05) is 17.0 Å². The number of carbonyl (C=O) groups excluding carboxylic acids is 1. The summed E-state index contributed by atoms with van der Waals surface area (Å²) in [5.74, 6) is -1.68. The summed E-state index contributed by atoms with van der Waals surface area (Å²) < 4.78 is 27.4. The number of hydrogen-bond donors (Lipinski definition) is 2. The second-order valence-corrected chi connectivity index (χ2v) is 7.42. The Hall–Kier alpha value is -3.45. The van der Waals surface area contributed by atoms with E-state index in [0.717, 1.165) is 11.3 Å². The third kappa shape index (κ3) is 2.59. The quantitative estimate of drug-likeness (QED) is 0.551. The summed E-state index contributed by atoms with van der Waals surface area (Å²) in [5.41, 5.74) is 1.60. The summed E-state index contributed by atoms with van der Waals surface area (Å²) in [6.07, 6.45) is 0.656. The van der Waals surface area contributed by atoms with Crippen LogP contribution in [0, 0.1) is 23.1 Å². The molecule has 28 heavy (non-hydrogen) atoms. The highest BCUT2D eigenvalue weighted by molar-refractivity contribution is 7.22. The zero-order chi connectivity index (χ0) is 19.4. The van der Waals surface area contributed by atoms with Crippen molar-refractivity contribution in [1.29, 1.82) is 5.26 Å². The van der Waals surface area contributed by atoms with Crippen LogP contribution in [0.4, 0.5) is 13.9 Å². The molecule has 0 radical (unpaired) electrons. The van der Waals surface area contributed by atoms with E-state index in [1.54, 1.807) is 12.1 Å². The van der Waals surface area contributed by atoms with Crippen LogP contribution in [0.25, 0.3) is 32.5 Å². The van der Waals surface area contributed by atoms with Crippen molar-refractivity contribution in [2.75, 3.05) is 5.32 Å². The molecular formula is C18H10F2N6OS. The lowest BCUT2D eigenvalue weighted by molar-refractivity contribution is -0.117. The molecule has 4 aromatic rings. The lowest BCUT2D eigenvalue weighted by Gasteiger charge is -2.06. The first-order valence-electron chi connectivity index (χ1n) is 8.33. The van der Waals surface area contributed by atoms with Gasteiger partial charge in [0.2, 0.25) is 5.91 Å². The highest BCUT2D eigenvalue weighted by Crippen LogP contribution is 2.37. The fourth-order valence-corrected chi connectivity index (χ4v) is 3.92. The van der Waals surface area contributed by atoms with Gasteiger partial charge in [0.05, 0.1) is 28.9 Å². The van der Waals surface area contributed by atoms with Crippen molar-refractivity contribution in [3.05, 3.63) is 35.8 Å². The molecule has 0 unspecified atom stereocenters. The van der Waals surface area contributed by atoms with Gasteiger partial charge in [-0.25, -0.2) is 18.7 Å². The number of thiazole rings is 1. The van der Waals surface area contributed by atoms with Crippen LogP contribution >= 0.6 is 11.3 Å². The summed E-state index contributed by atoms with van der Waals surface area (Å²) in [4.78, 5) is 21.2. The van der Waals surface area contributed by atoms with E-state index in [4.69, 9.17) is 0 Å². The number of aromatic nitrogens is 4. The Morgan fingerprint density at radius 3 is 2.96 bits per heavy atom. The first-order valence-corrected chi connectivity index (χ1v) is 9.15. The topological polar surface area (TPSA) is 107 Å². The predicted molar refractivity (Wildman–Crippen MR) is 98.8 cm³/mol. The van der Waals surface area contributed by atoms with Crippen LogP contribution in [0.15, 0.2) is 24.4 Å². The first kappa shape index (κ1) is 16.7. The van der Waals surface area contributed by atoms with Gasteiger partial charge in [0.25, 0.3) is 0 Å². The second kappa shape index (κ2) is 6.03. The lowest BCUT2D eigenvalue weighted by Crippen LogP contribution is -2.14. The zero-order valence-electron chi connectivity index (χ0n) is 14.0. The van der Waals surface area contributed by atoms with Crippen molar-refractivity contribution in [2.24, 2.45) is 5.92 Å². The Balaban J connectivity index is 1.59. The van der Waals surface area contributed by atoms with E-state index < -0.39 is 23.8 Å². The van der Waals surface area contributed by atoms with Crippen molar-refractivity contribution in [1.82, 2.24) is 20.2 Å². The SMILES string of the molecule is N#Cc1c(F)cc2[nH]ncc2c1-c1ccc2nc(NC(=O)[C@@H]3C[C@@H]3F)sc2n1. The van der Waals surface area contributed by atoms with Crippen molar-refractivity contribution in [3.8, 4) is 17.3 Å².